The number of hydrogen-bond donors (Lipinski definition) is 2. The summed E-state index contributed by atoms with van der Waals surface area (Å²) < 4.78 is 5.65. The van der Waals surface area contributed by atoms with Crippen molar-refractivity contribution in [3.05, 3.63) is 24.3 Å². The summed E-state index contributed by atoms with van der Waals surface area (Å²) >= 11 is 0. The van der Waals surface area contributed by atoms with Crippen LogP contribution in [-0.4, -0.2) is 53.3 Å². The van der Waals surface area contributed by atoms with Gasteiger partial charge in [-0.2, -0.15) is 0 Å². The first kappa shape index (κ1) is 18.4. The highest BCUT2D eigenvalue weighted by Crippen LogP contribution is 2.57. The van der Waals surface area contributed by atoms with Crippen molar-refractivity contribution in [1.82, 2.24) is 4.98 Å². The number of nitrogens with one attached hydrogen (secondary N) is 1. The second kappa shape index (κ2) is 6.59. The van der Waals surface area contributed by atoms with Crippen LogP contribution in [0.4, 0.5) is 22.0 Å². The Bertz CT molecular complexity index is 898. The van der Waals surface area contributed by atoms with E-state index >= 15 is 0 Å². The number of amides is 1. The maximum absolute atomic E-state index is 11.7. The van der Waals surface area contributed by atoms with E-state index in [9.17, 15) is 9.90 Å². The van der Waals surface area contributed by atoms with Gasteiger partial charge in [-0.05, 0) is 36.1 Å². The van der Waals surface area contributed by atoms with E-state index in [2.05, 4.69) is 24.4 Å². The monoisotopic (exact) mass is 388 g/mol. The van der Waals surface area contributed by atoms with Gasteiger partial charge in [-0.25, -0.2) is 4.98 Å². The third-order valence-electron chi connectivity index (χ3n) is 4.89. The Morgan fingerprint density at radius 2 is 2.11 bits per heavy atom. The maximum atomic E-state index is 11.7. The third-order valence-corrected chi connectivity index (χ3v) is 5.04. The quantitative estimate of drug-likeness (QED) is 0.585. The minimum Gasteiger partial charge on any atom is -0.389 e. The van der Waals surface area contributed by atoms with Gasteiger partial charge in [0, 0.05) is 18.5 Å². The lowest BCUT2D eigenvalue weighted by molar-refractivity contribution is 0.0865. The molecule has 27 heavy (non-hydrogen) atoms. The van der Waals surface area contributed by atoms with Gasteiger partial charge in [0.15, 0.2) is 5.82 Å². The van der Waals surface area contributed by atoms with Crippen molar-refractivity contribution in [3.63, 3.8) is 0 Å². The van der Waals surface area contributed by atoms with Crippen LogP contribution in [-0.2, 0) is 4.74 Å². The number of nitrogens with zero attached hydrogens (tertiary/aromatic N) is 3. The highest BCUT2D eigenvalue weighted by Gasteiger charge is 2.59. The van der Waals surface area contributed by atoms with E-state index in [4.69, 9.17) is 9.72 Å². The summed E-state index contributed by atoms with van der Waals surface area (Å²) in [5.74, 6) is 0.547. The molecule has 0 aliphatic carbocycles. The minimum absolute atomic E-state index is 0.103. The van der Waals surface area contributed by atoms with Crippen molar-refractivity contribution in [3.8, 4) is 0 Å². The molecule has 0 saturated carbocycles. The summed E-state index contributed by atoms with van der Waals surface area (Å²) in [6, 6.07) is 8.07. The standard InChI is InChI=1S/C19H25N4O3P/c1-4-26-9-13-17-22(10-19(2,3)25)14-11-7-5-6-8-12(11)20-16(21-18(24)27)15(14)23(13)17/h5-8,13,17,25H,4,9-10,27H2,1-3H3,(H,20,21,24). The predicted molar refractivity (Wildman–Crippen MR) is 111 cm³/mol. The van der Waals surface area contributed by atoms with Crippen LogP contribution in [0.3, 0.4) is 0 Å². The Hall–Kier alpha value is -1.95. The van der Waals surface area contributed by atoms with Gasteiger partial charge in [-0.3, -0.25) is 4.79 Å². The van der Waals surface area contributed by atoms with E-state index in [0.29, 0.717) is 25.6 Å². The highest BCUT2D eigenvalue weighted by molar-refractivity contribution is 7.40. The molecule has 2 aliphatic rings. The van der Waals surface area contributed by atoms with Crippen molar-refractivity contribution >= 4 is 43.0 Å². The van der Waals surface area contributed by atoms with Gasteiger partial charge in [0.1, 0.15) is 11.9 Å². The van der Waals surface area contributed by atoms with Crippen LogP contribution < -0.4 is 15.1 Å². The first-order chi connectivity index (χ1) is 12.8. The fourth-order valence-electron chi connectivity index (χ4n) is 3.97. The first-order valence-electron chi connectivity index (χ1n) is 9.16. The summed E-state index contributed by atoms with van der Waals surface area (Å²) in [7, 11) is 2.14. The molecule has 0 radical (unpaired) electrons. The zero-order valence-corrected chi connectivity index (χ0v) is 16.9. The number of para-hydroxylation sites is 1. The number of benzene rings is 1. The summed E-state index contributed by atoms with van der Waals surface area (Å²) in [5.41, 5.74) is 1.63. The number of β-amino-alcohol motifs (C(OH)–C–C–N with tert-alkyl or cyclic N) is 1. The van der Waals surface area contributed by atoms with Gasteiger partial charge >= 0.3 is 0 Å². The van der Waals surface area contributed by atoms with Crippen LogP contribution in [0.5, 0.6) is 0 Å². The van der Waals surface area contributed by atoms with Crippen LogP contribution >= 0.6 is 9.24 Å². The zero-order chi connectivity index (χ0) is 19.3. The second-order valence-electron chi connectivity index (χ2n) is 7.65. The molecule has 3 heterocycles. The number of aliphatic hydroxyl groups is 1. The molecule has 8 heteroatoms. The van der Waals surface area contributed by atoms with Crippen LogP contribution in [0.25, 0.3) is 10.9 Å². The van der Waals surface area contributed by atoms with Crippen molar-refractivity contribution in [2.45, 2.75) is 38.6 Å². The van der Waals surface area contributed by atoms with Crippen molar-refractivity contribution < 1.29 is 14.6 Å². The number of hydrogen-bond acceptors (Lipinski definition) is 6. The summed E-state index contributed by atoms with van der Waals surface area (Å²) in [6.45, 7) is 7.33. The average Bonchev–Trinajstić information content (AvgIpc) is 3.19. The molecule has 1 amide bonds. The number of rotatable bonds is 6. The zero-order valence-electron chi connectivity index (χ0n) is 15.8. The van der Waals surface area contributed by atoms with Gasteiger partial charge in [0.25, 0.3) is 0 Å². The summed E-state index contributed by atoms with van der Waals surface area (Å²) in [6.07, 6.45) is 0.103. The van der Waals surface area contributed by atoms with Crippen LogP contribution in [0, 0.1) is 0 Å². The third kappa shape index (κ3) is 3.24. The summed E-state index contributed by atoms with van der Waals surface area (Å²) in [4.78, 5) is 20.9. The van der Waals surface area contributed by atoms with E-state index in [0.717, 1.165) is 22.3 Å². The summed E-state index contributed by atoms with van der Waals surface area (Å²) in [5, 5.41) is 14.4. The van der Waals surface area contributed by atoms with Gasteiger partial charge in [-0.15, -0.1) is 0 Å². The fraction of sp³-hybridized carbons (Fsp3) is 0.474. The molecule has 3 unspecified atom stereocenters. The number of ether oxygens (including phenoxy) is 1. The SMILES string of the molecule is CCOCC1C2N(CC(C)(C)O)c3c(c(NC(=O)P)nc4ccccc34)N12. The molecule has 1 aromatic heterocycles. The molecule has 144 valence electrons. The average molecular weight is 388 g/mol. The molecule has 2 aliphatic heterocycles. The molecular formula is C19H25N4O3P. The lowest BCUT2D eigenvalue weighted by Gasteiger charge is -2.30. The lowest BCUT2D eigenvalue weighted by Crippen LogP contribution is -2.41. The van der Waals surface area contributed by atoms with Crippen molar-refractivity contribution in [2.24, 2.45) is 0 Å². The molecule has 4 rings (SSSR count). The van der Waals surface area contributed by atoms with Crippen molar-refractivity contribution in [1.29, 1.82) is 0 Å². The highest BCUT2D eigenvalue weighted by atomic mass is 31.0. The Kier molecular flexibility index (Phi) is 4.49. The molecule has 0 bridgehead atoms. The molecule has 1 saturated heterocycles. The molecule has 0 spiro atoms. The Balaban J connectivity index is 1.87. The van der Waals surface area contributed by atoms with E-state index in [-0.39, 0.29) is 17.9 Å². The van der Waals surface area contributed by atoms with Gasteiger partial charge in [0.2, 0.25) is 5.65 Å². The topological polar surface area (TPSA) is 77.7 Å². The number of aromatic nitrogens is 1. The molecular weight excluding hydrogens is 363 g/mol. The predicted octanol–water partition coefficient (Wildman–Crippen LogP) is 2.78. The number of pyridine rings is 1. The van der Waals surface area contributed by atoms with Crippen LogP contribution in [0.2, 0.25) is 0 Å². The first-order valence-corrected chi connectivity index (χ1v) is 9.74. The molecule has 3 atom stereocenters. The van der Waals surface area contributed by atoms with Gasteiger partial charge in [-0.1, -0.05) is 18.2 Å². The fourth-order valence-corrected chi connectivity index (χ4v) is 4.11. The maximum Gasteiger partial charge on any atom is 0.240 e. The largest absolute Gasteiger partial charge is 0.389 e. The smallest absolute Gasteiger partial charge is 0.240 e. The van der Waals surface area contributed by atoms with Crippen LogP contribution in [0.1, 0.15) is 20.8 Å². The van der Waals surface area contributed by atoms with Crippen LogP contribution in [0.15, 0.2) is 24.3 Å². The van der Waals surface area contributed by atoms with E-state index < -0.39 is 5.60 Å². The van der Waals surface area contributed by atoms with E-state index in [1.165, 1.54) is 0 Å². The molecule has 1 fully saturated rings. The van der Waals surface area contributed by atoms with E-state index in [1.807, 2.05) is 45.0 Å². The van der Waals surface area contributed by atoms with E-state index in [1.54, 1.807) is 0 Å². The van der Waals surface area contributed by atoms with Crippen molar-refractivity contribution in [2.75, 3.05) is 34.9 Å². The number of anilines is 3. The normalized spacial score (nSPS) is 20.6. The Labute approximate surface area is 160 Å². The van der Waals surface area contributed by atoms with Gasteiger partial charge < -0.3 is 25.0 Å². The Morgan fingerprint density at radius 3 is 2.78 bits per heavy atom. The Morgan fingerprint density at radius 1 is 1.37 bits per heavy atom. The second-order valence-corrected chi connectivity index (χ2v) is 8.18. The minimum atomic E-state index is -0.861. The lowest BCUT2D eigenvalue weighted by atomic mass is 10.1. The molecule has 7 nitrogen and oxygen atoms in total. The van der Waals surface area contributed by atoms with Gasteiger partial charge in [0.05, 0.1) is 29.5 Å². The number of fused-ring (bicyclic) bond motifs is 5. The molecule has 1 aromatic carbocycles. The molecule has 2 N–H and O–H groups in total. The molecule has 2 aromatic rings. The number of carbonyl (C=O) groups excluding carboxylic acids is 1. The number of carbonyl (C=O) groups is 1.